The summed E-state index contributed by atoms with van der Waals surface area (Å²) in [5.74, 6) is -0.941. The fraction of sp³-hybridized carbons (Fsp3) is 0.158. The minimum Gasteiger partial charge on any atom is -0.482 e. The molecule has 7 nitrogen and oxygen atoms in total. The van der Waals surface area contributed by atoms with Gasteiger partial charge in [0.05, 0.1) is 16.3 Å². The Hall–Kier alpha value is -3.34. The van der Waals surface area contributed by atoms with E-state index in [1.807, 2.05) is 0 Å². The van der Waals surface area contributed by atoms with E-state index >= 15 is 0 Å². The van der Waals surface area contributed by atoms with Crippen molar-refractivity contribution < 1.29 is 36.2 Å². The fourth-order valence-electron chi connectivity index (χ4n) is 2.62. The molecule has 2 aromatic carbocycles. The molecule has 30 heavy (non-hydrogen) atoms. The van der Waals surface area contributed by atoms with Gasteiger partial charge >= 0.3 is 12.1 Å². The summed E-state index contributed by atoms with van der Waals surface area (Å²) in [6, 6.07) is 11.9. The number of aromatic nitrogens is 2. The van der Waals surface area contributed by atoms with E-state index < -0.39 is 34.3 Å². The third kappa shape index (κ3) is 4.79. The molecule has 1 heterocycles. The summed E-state index contributed by atoms with van der Waals surface area (Å²) >= 11 is 0. The van der Waals surface area contributed by atoms with Crippen LogP contribution in [0.15, 0.2) is 59.5 Å². The van der Waals surface area contributed by atoms with Crippen LogP contribution in [0.1, 0.15) is 5.69 Å². The molecule has 0 aliphatic heterocycles. The molecule has 0 fully saturated rings. The Bertz CT molecular complexity index is 1170. The number of benzene rings is 2. The van der Waals surface area contributed by atoms with Crippen molar-refractivity contribution >= 4 is 15.8 Å². The first-order chi connectivity index (χ1) is 13.9. The number of hydrogen-bond acceptors (Lipinski definition) is 5. The van der Waals surface area contributed by atoms with Crippen LogP contribution in [0.25, 0.3) is 16.9 Å². The number of carboxylic acid groups (broad SMARTS) is 1. The number of halogens is 3. The van der Waals surface area contributed by atoms with Gasteiger partial charge in [-0.2, -0.15) is 18.3 Å². The van der Waals surface area contributed by atoms with E-state index in [1.54, 1.807) is 0 Å². The fourth-order valence-corrected chi connectivity index (χ4v) is 3.25. The van der Waals surface area contributed by atoms with Gasteiger partial charge in [-0.15, -0.1) is 0 Å². The maximum atomic E-state index is 13.2. The molecule has 3 rings (SSSR count). The first kappa shape index (κ1) is 21.4. The topological polar surface area (TPSA) is 98.5 Å². The lowest BCUT2D eigenvalue weighted by Gasteiger charge is -2.09. The summed E-state index contributed by atoms with van der Waals surface area (Å²) in [6.45, 7) is -0.558. The zero-order valence-electron chi connectivity index (χ0n) is 15.4. The molecule has 0 aliphatic carbocycles. The van der Waals surface area contributed by atoms with E-state index in [4.69, 9.17) is 9.84 Å². The Morgan fingerprint density at radius 3 is 2.20 bits per heavy atom. The third-order valence-corrected chi connectivity index (χ3v) is 5.15. The van der Waals surface area contributed by atoms with Crippen LogP contribution in [-0.4, -0.2) is 42.1 Å². The Balaban J connectivity index is 2.04. The van der Waals surface area contributed by atoms with E-state index in [9.17, 15) is 26.4 Å². The lowest BCUT2D eigenvalue weighted by molar-refractivity contribution is -0.141. The number of aliphatic carboxylic acids is 1. The second kappa shape index (κ2) is 7.82. The number of hydrogen-bond donors (Lipinski definition) is 1. The van der Waals surface area contributed by atoms with Crippen LogP contribution < -0.4 is 4.74 Å². The predicted octanol–water partition coefficient (Wildman–Crippen LogP) is 3.43. The smallest absolute Gasteiger partial charge is 0.435 e. The largest absolute Gasteiger partial charge is 0.482 e. The Kier molecular flexibility index (Phi) is 5.57. The quantitative estimate of drug-likeness (QED) is 0.631. The monoisotopic (exact) mass is 440 g/mol. The molecule has 0 aliphatic rings. The number of sulfone groups is 1. The zero-order valence-corrected chi connectivity index (χ0v) is 16.2. The first-order valence-corrected chi connectivity index (χ1v) is 10.3. The van der Waals surface area contributed by atoms with Gasteiger partial charge in [0, 0.05) is 11.8 Å². The van der Waals surface area contributed by atoms with Crippen LogP contribution in [0.5, 0.6) is 5.75 Å². The second-order valence-corrected chi connectivity index (χ2v) is 8.31. The number of rotatable bonds is 6. The van der Waals surface area contributed by atoms with Crippen molar-refractivity contribution in [1.82, 2.24) is 9.78 Å². The molecule has 0 saturated heterocycles. The van der Waals surface area contributed by atoms with Crippen molar-refractivity contribution in [1.29, 1.82) is 0 Å². The van der Waals surface area contributed by atoms with Gasteiger partial charge in [-0.3, -0.25) is 0 Å². The summed E-state index contributed by atoms with van der Waals surface area (Å²) < 4.78 is 69.0. The number of alkyl halides is 3. The maximum Gasteiger partial charge on any atom is 0.435 e. The summed E-state index contributed by atoms with van der Waals surface area (Å²) in [6.07, 6.45) is -3.65. The predicted molar refractivity (Wildman–Crippen MR) is 100 cm³/mol. The maximum absolute atomic E-state index is 13.2. The van der Waals surface area contributed by atoms with Gasteiger partial charge in [0.25, 0.3) is 0 Å². The minimum atomic E-state index is -4.68. The van der Waals surface area contributed by atoms with Crippen LogP contribution in [0.3, 0.4) is 0 Å². The van der Waals surface area contributed by atoms with Crippen molar-refractivity contribution in [2.75, 3.05) is 12.9 Å². The van der Waals surface area contributed by atoms with Crippen molar-refractivity contribution in [3.05, 3.63) is 60.3 Å². The standard InChI is InChI=1S/C19H15F3N2O5S/c1-30(27,28)15-8-2-12(3-9-15)16-10-17(19(20,21)22)23-24(16)13-4-6-14(7-5-13)29-11-18(25)26/h2-10H,11H2,1H3,(H,25,26). The molecule has 0 spiro atoms. The minimum absolute atomic E-state index is 0.0355. The van der Waals surface area contributed by atoms with E-state index in [2.05, 4.69) is 5.10 Å². The van der Waals surface area contributed by atoms with E-state index in [1.165, 1.54) is 48.5 Å². The van der Waals surface area contributed by atoms with Gasteiger partial charge in [0.15, 0.2) is 22.1 Å². The Morgan fingerprint density at radius 2 is 1.70 bits per heavy atom. The van der Waals surface area contributed by atoms with Crippen LogP contribution in [0.4, 0.5) is 13.2 Å². The van der Waals surface area contributed by atoms with Crippen molar-refractivity contribution in [2.45, 2.75) is 11.1 Å². The summed E-state index contributed by atoms with van der Waals surface area (Å²) in [5.41, 5.74) is -0.413. The normalized spacial score (nSPS) is 12.0. The summed E-state index contributed by atoms with van der Waals surface area (Å²) in [5, 5.41) is 12.3. The number of carboxylic acids is 1. The molecular formula is C19H15F3N2O5S. The molecule has 0 amide bonds. The SMILES string of the molecule is CS(=O)(=O)c1ccc(-c2cc(C(F)(F)F)nn2-c2ccc(OCC(=O)O)cc2)cc1. The first-order valence-electron chi connectivity index (χ1n) is 8.38. The van der Waals surface area contributed by atoms with Gasteiger partial charge < -0.3 is 9.84 Å². The molecule has 1 aromatic heterocycles. The second-order valence-electron chi connectivity index (χ2n) is 6.30. The van der Waals surface area contributed by atoms with E-state index in [0.717, 1.165) is 17.0 Å². The molecule has 0 saturated carbocycles. The van der Waals surface area contributed by atoms with Crippen molar-refractivity contribution in [3.63, 3.8) is 0 Å². The highest BCUT2D eigenvalue weighted by molar-refractivity contribution is 7.90. The van der Waals surface area contributed by atoms with Gasteiger partial charge in [0.2, 0.25) is 0 Å². The number of nitrogens with zero attached hydrogens (tertiary/aromatic N) is 2. The Labute approximate surface area is 169 Å². The molecule has 3 aromatic rings. The van der Waals surface area contributed by atoms with Crippen LogP contribution >= 0.6 is 0 Å². The average molecular weight is 440 g/mol. The molecule has 11 heteroatoms. The Morgan fingerprint density at radius 1 is 1.10 bits per heavy atom. The van der Waals surface area contributed by atoms with Gasteiger partial charge in [0.1, 0.15) is 5.75 Å². The van der Waals surface area contributed by atoms with Crippen molar-refractivity contribution in [3.8, 4) is 22.7 Å². The number of carbonyl (C=O) groups is 1. The third-order valence-electron chi connectivity index (χ3n) is 4.02. The van der Waals surface area contributed by atoms with Crippen molar-refractivity contribution in [2.24, 2.45) is 0 Å². The van der Waals surface area contributed by atoms with Crippen LogP contribution in [0.2, 0.25) is 0 Å². The van der Waals surface area contributed by atoms with E-state index in [0.29, 0.717) is 5.56 Å². The molecule has 0 radical (unpaired) electrons. The lowest BCUT2D eigenvalue weighted by Crippen LogP contribution is -2.09. The molecule has 0 unspecified atom stereocenters. The van der Waals surface area contributed by atoms with Gasteiger partial charge in [-0.25, -0.2) is 17.9 Å². The molecule has 158 valence electrons. The molecule has 0 bridgehead atoms. The summed E-state index contributed by atoms with van der Waals surface area (Å²) in [4.78, 5) is 10.6. The van der Waals surface area contributed by atoms with Crippen LogP contribution in [0, 0.1) is 0 Å². The van der Waals surface area contributed by atoms with E-state index in [-0.39, 0.29) is 22.0 Å². The van der Waals surface area contributed by atoms with Gasteiger partial charge in [-0.1, -0.05) is 12.1 Å². The number of ether oxygens (including phenoxy) is 1. The molecule has 1 N–H and O–H groups in total. The highest BCUT2D eigenvalue weighted by Gasteiger charge is 2.35. The van der Waals surface area contributed by atoms with Crippen LogP contribution in [-0.2, 0) is 20.8 Å². The highest BCUT2D eigenvalue weighted by Crippen LogP contribution is 2.33. The zero-order chi connectivity index (χ0) is 22.1. The lowest BCUT2D eigenvalue weighted by atomic mass is 10.1. The molecular weight excluding hydrogens is 425 g/mol. The average Bonchev–Trinajstić information content (AvgIpc) is 3.12. The molecule has 0 atom stereocenters. The summed E-state index contributed by atoms with van der Waals surface area (Å²) in [7, 11) is -3.46. The van der Waals surface area contributed by atoms with Gasteiger partial charge in [-0.05, 0) is 42.5 Å². The highest BCUT2D eigenvalue weighted by atomic mass is 32.2.